The smallest absolute Gasteiger partial charge is 0.105 e. The average molecular weight is 446 g/mol. The molecule has 0 saturated carbocycles. The molecule has 3 heteroatoms. The molecule has 0 fully saturated rings. The fourth-order valence-electron chi connectivity index (χ4n) is 5.56. The van der Waals surface area contributed by atoms with Gasteiger partial charge < -0.3 is 0 Å². The molecule has 0 unspecified atom stereocenters. The van der Waals surface area contributed by atoms with Crippen LogP contribution in [-0.2, 0) is 0 Å². The Bertz CT molecular complexity index is 1570. The third kappa shape index (κ3) is 2.71. The number of aromatic nitrogens is 1. The molecule has 3 heterocycles. The lowest BCUT2D eigenvalue weighted by Gasteiger charge is -2.27. The molecule has 156 valence electrons. The third-order valence-corrected chi connectivity index (χ3v) is 12.9. The zero-order valence-electron chi connectivity index (χ0n) is 19.1. The molecule has 0 amide bonds. The van der Waals surface area contributed by atoms with Crippen LogP contribution in [0.1, 0.15) is 11.1 Å². The van der Waals surface area contributed by atoms with E-state index in [1.54, 1.807) is 0 Å². The first-order valence-corrected chi connectivity index (χ1v) is 17.6. The van der Waals surface area contributed by atoms with Crippen LogP contribution in [0.4, 0.5) is 0 Å². The highest BCUT2D eigenvalue weighted by molar-refractivity contribution is 7.00. The van der Waals surface area contributed by atoms with Gasteiger partial charge in [0, 0.05) is 22.4 Å². The molecule has 0 radical (unpaired) electrons. The Morgan fingerprint density at radius 1 is 0.594 bits per heavy atom. The molecule has 0 spiro atoms. The number of pyridine rings is 1. The summed E-state index contributed by atoms with van der Waals surface area (Å²) in [5.41, 5.74) is 8.80. The predicted molar refractivity (Wildman–Crippen MR) is 146 cm³/mol. The summed E-state index contributed by atoms with van der Waals surface area (Å²) in [7, 11) is -3.32. The molecule has 2 aliphatic heterocycles. The van der Waals surface area contributed by atoms with Crippen molar-refractivity contribution in [3.05, 3.63) is 102 Å². The first-order valence-electron chi connectivity index (χ1n) is 11.4. The standard InChI is InChI=1S/C29H27NSi2/c1-31(2)17-9-15-25(31)27-20-11-5-6-12-21(20)29(26-16-10-18-32(26,3)4)28-22-13-7-8-14-24(22)30-19-23(27)28/h5-19H,1-4H3. The lowest BCUT2D eigenvalue weighted by atomic mass is 9.89. The van der Waals surface area contributed by atoms with E-state index in [1.807, 2.05) is 0 Å². The van der Waals surface area contributed by atoms with Crippen LogP contribution in [0.2, 0.25) is 26.2 Å². The number of nitrogens with zero attached hydrogens (tertiary/aromatic N) is 1. The first kappa shape index (κ1) is 19.7. The van der Waals surface area contributed by atoms with Crippen LogP contribution in [-0.4, -0.2) is 21.1 Å². The molecule has 1 nitrogen and oxygen atoms in total. The summed E-state index contributed by atoms with van der Waals surface area (Å²) in [4.78, 5) is 4.94. The van der Waals surface area contributed by atoms with Crippen molar-refractivity contribution in [2.24, 2.45) is 0 Å². The summed E-state index contributed by atoms with van der Waals surface area (Å²) in [6.45, 7) is 9.81. The molecule has 6 rings (SSSR count). The Kier molecular flexibility index (Phi) is 4.14. The molecule has 0 saturated heterocycles. The van der Waals surface area contributed by atoms with Crippen LogP contribution >= 0.6 is 0 Å². The number of para-hydroxylation sites is 1. The van der Waals surface area contributed by atoms with Crippen LogP contribution in [0.3, 0.4) is 0 Å². The maximum atomic E-state index is 4.94. The van der Waals surface area contributed by atoms with Gasteiger partial charge in [-0.05, 0) is 38.4 Å². The molecule has 4 aromatic rings. The fraction of sp³-hybridized carbons (Fsp3) is 0.138. The van der Waals surface area contributed by atoms with Crippen molar-refractivity contribution < 1.29 is 0 Å². The number of hydrogen-bond acceptors (Lipinski definition) is 1. The van der Waals surface area contributed by atoms with Gasteiger partial charge in [0.05, 0.1) is 5.52 Å². The van der Waals surface area contributed by atoms with Gasteiger partial charge in [0.15, 0.2) is 0 Å². The molecular formula is C29H27NSi2. The minimum Gasteiger partial charge on any atom is -0.256 e. The van der Waals surface area contributed by atoms with E-state index in [0.29, 0.717) is 0 Å². The Labute approximate surface area is 191 Å². The number of fused-ring (bicyclic) bond motifs is 4. The van der Waals surface area contributed by atoms with E-state index in [2.05, 4.69) is 117 Å². The Morgan fingerprint density at radius 2 is 1.12 bits per heavy atom. The Morgan fingerprint density at radius 3 is 1.72 bits per heavy atom. The van der Waals surface area contributed by atoms with E-state index in [-0.39, 0.29) is 0 Å². The maximum Gasteiger partial charge on any atom is 0.105 e. The van der Waals surface area contributed by atoms with E-state index < -0.39 is 16.1 Å². The van der Waals surface area contributed by atoms with Gasteiger partial charge in [0.25, 0.3) is 0 Å². The molecule has 0 atom stereocenters. The monoisotopic (exact) mass is 445 g/mol. The summed E-state index contributed by atoms with van der Waals surface area (Å²) in [5, 5.41) is 9.70. The SMILES string of the molecule is C[Si]1(C)C=CC=C1c1c2ccccc2c(C2=CC=C[Si]2(C)C)c2c1cnc1ccccc12. The lowest BCUT2D eigenvalue weighted by Crippen LogP contribution is -2.24. The fourth-order valence-corrected chi connectivity index (χ4v) is 9.94. The van der Waals surface area contributed by atoms with Crippen LogP contribution in [0.5, 0.6) is 0 Å². The molecule has 0 N–H and O–H groups in total. The van der Waals surface area contributed by atoms with E-state index in [1.165, 1.54) is 48.5 Å². The molecule has 1 aromatic heterocycles. The second-order valence-electron chi connectivity index (χ2n) is 10.2. The van der Waals surface area contributed by atoms with Gasteiger partial charge >= 0.3 is 0 Å². The summed E-state index contributed by atoms with van der Waals surface area (Å²) < 4.78 is 0. The molecule has 3 aromatic carbocycles. The lowest BCUT2D eigenvalue weighted by molar-refractivity contribution is 1.44. The second-order valence-corrected chi connectivity index (χ2v) is 18.8. The van der Waals surface area contributed by atoms with E-state index in [4.69, 9.17) is 4.98 Å². The van der Waals surface area contributed by atoms with Gasteiger partial charge in [-0.1, -0.05) is 104 Å². The topological polar surface area (TPSA) is 12.9 Å². The third-order valence-electron chi connectivity index (χ3n) is 7.24. The molecule has 0 bridgehead atoms. The summed E-state index contributed by atoms with van der Waals surface area (Å²) in [5.74, 6) is 0. The summed E-state index contributed by atoms with van der Waals surface area (Å²) in [6.07, 6.45) is 11.4. The number of allylic oxidation sites excluding steroid dienone is 4. The van der Waals surface area contributed by atoms with Crippen molar-refractivity contribution in [2.45, 2.75) is 26.2 Å². The zero-order chi connectivity index (χ0) is 22.1. The van der Waals surface area contributed by atoms with Crippen LogP contribution < -0.4 is 0 Å². The average Bonchev–Trinajstić information content (AvgIpc) is 3.31. The second kappa shape index (κ2) is 6.74. The predicted octanol–water partition coefficient (Wildman–Crippen LogP) is 8.02. The van der Waals surface area contributed by atoms with Crippen molar-refractivity contribution in [1.29, 1.82) is 0 Å². The van der Waals surface area contributed by atoms with Crippen molar-refractivity contribution >= 4 is 59.0 Å². The minimum atomic E-state index is -1.67. The number of benzene rings is 3. The van der Waals surface area contributed by atoms with Gasteiger partial charge in [-0.2, -0.15) is 0 Å². The molecule has 2 aliphatic rings. The van der Waals surface area contributed by atoms with Gasteiger partial charge in [0.2, 0.25) is 0 Å². The Balaban J connectivity index is 1.89. The highest BCUT2D eigenvalue weighted by Crippen LogP contribution is 2.47. The molecular weight excluding hydrogens is 418 g/mol. The van der Waals surface area contributed by atoms with E-state index >= 15 is 0 Å². The Hall–Kier alpha value is -3.02. The van der Waals surface area contributed by atoms with Gasteiger partial charge in [-0.15, -0.1) is 0 Å². The largest absolute Gasteiger partial charge is 0.256 e. The number of rotatable bonds is 2. The molecule has 0 aliphatic carbocycles. The van der Waals surface area contributed by atoms with Crippen LogP contribution in [0.15, 0.2) is 90.4 Å². The van der Waals surface area contributed by atoms with Crippen molar-refractivity contribution in [2.75, 3.05) is 0 Å². The summed E-state index contributed by atoms with van der Waals surface area (Å²) >= 11 is 0. The summed E-state index contributed by atoms with van der Waals surface area (Å²) in [6, 6.07) is 17.7. The highest BCUT2D eigenvalue weighted by Gasteiger charge is 2.33. The van der Waals surface area contributed by atoms with Crippen molar-refractivity contribution in [3.63, 3.8) is 0 Å². The van der Waals surface area contributed by atoms with Crippen molar-refractivity contribution in [3.8, 4) is 0 Å². The van der Waals surface area contributed by atoms with Crippen LogP contribution in [0, 0.1) is 0 Å². The maximum absolute atomic E-state index is 4.94. The quantitative estimate of drug-likeness (QED) is 0.173. The number of hydrogen-bond donors (Lipinski definition) is 0. The zero-order valence-corrected chi connectivity index (χ0v) is 21.1. The minimum absolute atomic E-state index is 1.07. The normalized spacial score (nSPS) is 18.6. The van der Waals surface area contributed by atoms with Crippen molar-refractivity contribution in [1.82, 2.24) is 4.98 Å². The first-order chi connectivity index (χ1) is 15.4. The van der Waals surface area contributed by atoms with E-state index in [9.17, 15) is 0 Å². The molecule has 32 heavy (non-hydrogen) atoms. The van der Waals surface area contributed by atoms with Crippen LogP contribution in [0.25, 0.3) is 42.8 Å². The van der Waals surface area contributed by atoms with Gasteiger partial charge in [-0.3, -0.25) is 4.98 Å². The highest BCUT2D eigenvalue weighted by atomic mass is 28.3. The van der Waals surface area contributed by atoms with Gasteiger partial charge in [0.1, 0.15) is 16.1 Å². The van der Waals surface area contributed by atoms with Gasteiger partial charge in [-0.25, -0.2) is 0 Å². The van der Waals surface area contributed by atoms with E-state index in [0.717, 1.165) is 5.52 Å².